The van der Waals surface area contributed by atoms with Crippen LogP contribution < -0.4 is 0 Å². The largest absolute Gasteiger partial charge is 0.342 e. The van der Waals surface area contributed by atoms with Gasteiger partial charge in [0.2, 0.25) is 0 Å². The minimum absolute atomic E-state index is 0.125. The molecule has 0 aliphatic carbocycles. The van der Waals surface area contributed by atoms with Crippen molar-refractivity contribution < 1.29 is 13.2 Å². The number of H-pyrrole nitrogens is 1. The Balaban J connectivity index is 1.99. The van der Waals surface area contributed by atoms with Gasteiger partial charge in [-0.05, 0) is 29.8 Å². The molecule has 0 aliphatic rings. The van der Waals surface area contributed by atoms with Gasteiger partial charge in [-0.25, -0.2) is 18.2 Å². The van der Waals surface area contributed by atoms with Crippen LogP contribution in [0.25, 0.3) is 11.0 Å². The van der Waals surface area contributed by atoms with Crippen molar-refractivity contribution in [1.82, 2.24) is 9.97 Å². The molecule has 3 rings (SSSR count). The molecule has 0 amide bonds. The van der Waals surface area contributed by atoms with Crippen LogP contribution in [-0.4, -0.2) is 9.97 Å². The summed E-state index contributed by atoms with van der Waals surface area (Å²) in [5.74, 6) is -1.68. The Kier molecular flexibility index (Phi) is 2.74. The quantitative estimate of drug-likeness (QED) is 0.751. The van der Waals surface area contributed by atoms with Gasteiger partial charge < -0.3 is 4.98 Å². The number of hydrogen-bond acceptors (Lipinski definition) is 1. The van der Waals surface area contributed by atoms with E-state index in [9.17, 15) is 13.2 Å². The van der Waals surface area contributed by atoms with E-state index in [0.717, 1.165) is 6.07 Å². The van der Waals surface area contributed by atoms with Gasteiger partial charge in [-0.15, -0.1) is 0 Å². The monoisotopic (exact) mass is 262 g/mol. The maximum atomic E-state index is 13.5. The molecule has 3 aromatic rings. The second-order valence-electron chi connectivity index (χ2n) is 4.23. The van der Waals surface area contributed by atoms with Gasteiger partial charge in [0.15, 0.2) is 11.6 Å². The summed E-state index contributed by atoms with van der Waals surface area (Å²) in [6, 6.07) is 8.14. The van der Waals surface area contributed by atoms with Crippen molar-refractivity contribution in [1.29, 1.82) is 0 Å². The summed E-state index contributed by atoms with van der Waals surface area (Å²) in [4.78, 5) is 7.10. The average Bonchev–Trinajstić information content (AvgIpc) is 2.76. The van der Waals surface area contributed by atoms with E-state index in [1.807, 2.05) is 0 Å². The summed E-state index contributed by atoms with van der Waals surface area (Å²) < 4.78 is 39.6. The van der Waals surface area contributed by atoms with E-state index < -0.39 is 11.6 Å². The first-order chi connectivity index (χ1) is 9.13. The zero-order valence-corrected chi connectivity index (χ0v) is 9.75. The SMILES string of the molecule is Fc1ccc2nc(Cc3cccc(F)c3F)[nH]c2c1. The third-order valence-electron chi connectivity index (χ3n) is 2.88. The molecule has 0 atom stereocenters. The molecule has 1 heterocycles. The molecule has 0 bridgehead atoms. The number of imidazole rings is 1. The van der Waals surface area contributed by atoms with E-state index in [1.165, 1.54) is 30.3 Å². The first-order valence-electron chi connectivity index (χ1n) is 5.70. The number of aromatic nitrogens is 2. The first kappa shape index (κ1) is 11.8. The Labute approximate surface area is 106 Å². The fourth-order valence-electron chi connectivity index (χ4n) is 1.98. The molecule has 0 radical (unpaired) electrons. The molecule has 0 saturated carbocycles. The first-order valence-corrected chi connectivity index (χ1v) is 5.70. The van der Waals surface area contributed by atoms with E-state index in [4.69, 9.17) is 0 Å². The van der Waals surface area contributed by atoms with Gasteiger partial charge in [0.25, 0.3) is 0 Å². The molecule has 19 heavy (non-hydrogen) atoms. The number of rotatable bonds is 2. The highest BCUT2D eigenvalue weighted by Crippen LogP contribution is 2.18. The lowest BCUT2D eigenvalue weighted by Crippen LogP contribution is -1.97. The number of hydrogen-bond donors (Lipinski definition) is 1. The molecule has 2 aromatic carbocycles. The van der Waals surface area contributed by atoms with Crippen molar-refractivity contribution in [2.24, 2.45) is 0 Å². The summed E-state index contributed by atoms with van der Waals surface area (Å²) in [5.41, 5.74) is 1.33. The summed E-state index contributed by atoms with van der Waals surface area (Å²) in [6.45, 7) is 0. The molecule has 0 fully saturated rings. The van der Waals surface area contributed by atoms with Crippen molar-refractivity contribution in [2.45, 2.75) is 6.42 Å². The Morgan fingerprint density at radius 3 is 2.74 bits per heavy atom. The van der Waals surface area contributed by atoms with Gasteiger partial charge in [-0.2, -0.15) is 0 Å². The van der Waals surface area contributed by atoms with Gasteiger partial charge in [0, 0.05) is 6.42 Å². The van der Waals surface area contributed by atoms with Crippen LogP contribution in [0.4, 0.5) is 13.2 Å². The van der Waals surface area contributed by atoms with Crippen molar-refractivity contribution in [3.05, 3.63) is 65.2 Å². The predicted octanol–water partition coefficient (Wildman–Crippen LogP) is 3.57. The Bertz CT molecular complexity index is 750. The van der Waals surface area contributed by atoms with Gasteiger partial charge in [-0.3, -0.25) is 0 Å². The number of halogens is 3. The van der Waals surface area contributed by atoms with Gasteiger partial charge in [0.1, 0.15) is 11.6 Å². The van der Waals surface area contributed by atoms with Crippen molar-refractivity contribution in [3.63, 3.8) is 0 Å². The molecule has 1 aromatic heterocycles. The number of aromatic amines is 1. The van der Waals surface area contributed by atoms with Crippen LogP contribution >= 0.6 is 0 Å². The van der Waals surface area contributed by atoms with Crippen LogP contribution in [-0.2, 0) is 6.42 Å². The molecule has 96 valence electrons. The molecule has 0 aliphatic heterocycles. The predicted molar refractivity (Wildman–Crippen MR) is 65.2 cm³/mol. The fraction of sp³-hybridized carbons (Fsp3) is 0.0714. The van der Waals surface area contributed by atoms with Crippen LogP contribution in [0.1, 0.15) is 11.4 Å². The van der Waals surface area contributed by atoms with E-state index >= 15 is 0 Å². The number of nitrogens with one attached hydrogen (secondary N) is 1. The minimum atomic E-state index is -0.889. The second kappa shape index (κ2) is 4.42. The maximum Gasteiger partial charge on any atom is 0.162 e. The van der Waals surface area contributed by atoms with Crippen molar-refractivity contribution in [3.8, 4) is 0 Å². The lowest BCUT2D eigenvalue weighted by Gasteiger charge is -2.01. The Morgan fingerprint density at radius 1 is 1.05 bits per heavy atom. The average molecular weight is 262 g/mol. The van der Waals surface area contributed by atoms with Crippen LogP contribution in [0.2, 0.25) is 0 Å². The van der Waals surface area contributed by atoms with Crippen LogP contribution in [0.3, 0.4) is 0 Å². The lowest BCUT2D eigenvalue weighted by atomic mass is 10.1. The van der Waals surface area contributed by atoms with Crippen LogP contribution in [0.5, 0.6) is 0 Å². The summed E-state index contributed by atoms with van der Waals surface area (Å²) in [7, 11) is 0. The lowest BCUT2D eigenvalue weighted by molar-refractivity contribution is 0.500. The number of fused-ring (bicyclic) bond motifs is 1. The van der Waals surface area contributed by atoms with E-state index in [2.05, 4.69) is 9.97 Å². The highest BCUT2D eigenvalue weighted by molar-refractivity contribution is 5.75. The highest BCUT2D eigenvalue weighted by atomic mass is 19.2. The third-order valence-corrected chi connectivity index (χ3v) is 2.88. The van der Waals surface area contributed by atoms with Crippen LogP contribution in [0, 0.1) is 17.5 Å². The number of benzene rings is 2. The van der Waals surface area contributed by atoms with E-state index in [-0.39, 0.29) is 17.8 Å². The minimum Gasteiger partial charge on any atom is -0.342 e. The normalized spacial score (nSPS) is 11.1. The zero-order valence-electron chi connectivity index (χ0n) is 9.75. The molecular formula is C14H9F3N2. The molecule has 0 saturated heterocycles. The smallest absolute Gasteiger partial charge is 0.162 e. The Morgan fingerprint density at radius 2 is 1.89 bits per heavy atom. The van der Waals surface area contributed by atoms with Gasteiger partial charge >= 0.3 is 0 Å². The maximum absolute atomic E-state index is 13.5. The third kappa shape index (κ3) is 2.19. The summed E-state index contributed by atoms with van der Waals surface area (Å²) in [6.07, 6.45) is 0.125. The van der Waals surface area contributed by atoms with Crippen molar-refractivity contribution in [2.75, 3.05) is 0 Å². The molecule has 1 N–H and O–H groups in total. The molecule has 2 nitrogen and oxygen atoms in total. The van der Waals surface area contributed by atoms with Gasteiger partial charge in [-0.1, -0.05) is 12.1 Å². The van der Waals surface area contributed by atoms with Crippen molar-refractivity contribution >= 4 is 11.0 Å². The van der Waals surface area contributed by atoms with E-state index in [0.29, 0.717) is 16.9 Å². The molecule has 0 spiro atoms. The second-order valence-corrected chi connectivity index (χ2v) is 4.23. The molecule has 5 heteroatoms. The van der Waals surface area contributed by atoms with E-state index in [1.54, 1.807) is 0 Å². The number of nitrogens with zero attached hydrogens (tertiary/aromatic N) is 1. The summed E-state index contributed by atoms with van der Waals surface area (Å²) in [5, 5.41) is 0. The summed E-state index contributed by atoms with van der Waals surface area (Å²) >= 11 is 0. The highest BCUT2D eigenvalue weighted by Gasteiger charge is 2.10. The standard InChI is InChI=1S/C14H9F3N2/c15-9-4-5-11-12(7-9)19-13(18-11)6-8-2-1-3-10(16)14(8)17/h1-5,7H,6H2,(H,18,19). The molecular weight excluding hydrogens is 253 g/mol. The van der Waals surface area contributed by atoms with Gasteiger partial charge in [0.05, 0.1) is 11.0 Å². The topological polar surface area (TPSA) is 28.7 Å². The van der Waals surface area contributed by atoms with Crippen LogP contribution in [0.15, 0.2) is 36.4 Å². The zero-order chi connectivity index (χ0) is 13.4. The molecule has 0 unspecified atom stereocenters. The Hall–Kier alpha value is -2.30. The fourth-order valence-corrected chi connectivity index (χ4v) is 1.98.